The lowest BCUT2D eigenvalue weighted by Gasteiger charge is -2.01. The number of hydrogen-bond donors (Lipinski definition) is 1. The third-order valence-corrected chi connectivity index (χ3v) is 3.39. The highest BCUT2D eigenvalue weighted by atomic mass is 32.2. The number of nitro benzene ring substituents is 1. The Kier molecular flexibility index (Phi) is 4.33. The van der Waals surface area contributed by atoms with Crippen LogP contribution in [0, 0.1) is 10.1 Å². The second-order valence-corrected chi connectivity index (χ2v) is 4.68. The van der Waals surface area contributed by atoms with Gasteiger partial charge in [-0.15, -0.1) is 11.8 Å². The molecule has 0 spiro atoms. The quantitative estimate of drug-likeness (QED) is 0.264. The van der Waals surface area contributed by atoms with Crippen LogP contribution in [0.4, 0.5) is 5.69 Å². The maximum absolute atomic E-state index is 11.2. The van der Waals surface area contributed by atoms with Gasteiger partial charge in [-0.05, 0) is 6.07 Å². The second kappa shape index (κ2) is 6.17. The third kappa shape index (κ3) is 3.45. The minimum Gasteiger partial charge on any atom is -0.468 e. The molecule has 10 nitrogen and oxygen atoms in total. The molecule has 1 aromatic carbocycles. The van der Waals surface area contributed by atoms with Crippen molar-refractivity contribution in [3.63, 3.8) is 0 Å². The maximum atomic E-state index is 11.2. The summed E-state index contributed by atoms with van der Waals surface area (Å²) in [6.07, 6.45) is 0. The molecule has 110 valence electrons. The molecule has 0 saturated heterocycles. The van der Waals surface area contributed by atoms with Gasteiger partial charge in [-0.1, -0.05) is 5.10 Å². The van der Waals surface area contributed by atoms with Gasteiger partial charge in [-0.3, -0.25) is 14.9 Å². The molecule has 0 aliphatic carbocycles. The number of aromatic amines is 1. The zero-order valence-corrected chi connectivity index (χ0v) is 11.5. The van der Waals surface area contributed by atoms with Crippen LogP contribution in [0.25, 0.3) is 5.69 Å². The Labute approximate surface area is 120 Å². The highest BCUT2D eigenvalue weighted by Gasteiger charge is 2.23. The molecule has 2 aromatic rings. The van der Waals surface area contributed by atoms with Gasteiger partial charge in [-0.25, -0.2) is 9.32 Å². The fraction of sp³-hybridized carbons (Fsp3) is 0.200. The van der Waals surface area contributed by atoms with E-state index in [1.54, 1.807) is 0 Å². The van der Waals surface area contributed by atoms with Gasteiger partial charge < -0.3 is 4.74 Å². The molecule has 1 N–H and O–H groups in total. The molecule has 0 aliphatic heterocycles. The van der Waals surface area contributed by atoms with Crippen molar-refractivity contribution < 1.29 is 23.8 Å². The zero-order valence-electron chi connectivity index (χ0n) is 10.6. The molecule has 0 amide bonds. The van der Waals surface area contributed by atoms with E-state index in [0.29, 0.717) is 4.90 Å². The third-order valence-electron chi connectivity index (χ3n) is 2.36. The van der Waals surface area contributed by atoms with Crippen LogP contribution in [0.3, 0.4) is 0 Å². The maximum Gasteiger partial charge on any atom is 0.493 e. The molecule has 0 bridgehead atoms. The first-order valence-electron chi connectivity index (χ1n) is 5.48. The summed E-state index contributed by atoms with van der Waals surface area (Å²) in [6.45, 7) is 0. The molecule has 11 heteroatoms. The summed E-state index contributed by atoms with van der Waals surface area (Å²) in [5.41, 5.74) is 0.0210. The SMILES string of the molecule is COC(=O)CSc1ccc([N+](=O)[O-])cc1-[n+]1noc(=O)[nH]1. The molecule has 1 heterocycles. The number of non-ortho nitro benzene ring substituents is 1. The number of hydrogen-bond acceptors (Lipinski definition) is 8. The van der Waals surface area contributed by atoms with E-state index in [9.17, 15) is 19.7 Å². The Hall–Kier alpha value is -2.69. The minimum atomic E-state index is -0.814. The Morgan fingerprint density at radius 1 is 1.62 bits per heavy atom. The summed E-state index contributed by atoms with van der Waals surface area (Å²) in [4.78, 5) is 33.8. The number of carbonyl (C=O) groups excluding carboxylic acids is 1. The Morgan fingerprint density at radius 2 is 2.38 bits per heavy atom. The normalized spacial score (nSPS) is 10.3. The van der Waals surface area contributed by atoms with Crippen LogP contribution in [0.1, 0.15) is 0 Å². The lowest BCUT2D eigenvalue weighted by Crippen LogP contribution is -2.38. The second-order valence-electron chi connectivity index (χ2n) is 3.66. The molecule has 21 heavy (non-hydrogen) atoms. The molecule has 1 aromatic heterocycles. The number of rotatable bonds is 5. The highest BCUT2D eigenvalue weighted by Crippen LogP contribution is 2.26. The summed E-state index contributed by atoms with van der Waals surface area (Å²) >= 11 is 1.08. The number of esters is 1. The summed E-state index contributed by atoms with van der Waals surface area (Å²) in [5, 5.41) is 16.5. The van der Waals surface area contributed by atoms with Crippen LogP contribution < -0.4 is 10.6 Å². The number of nitrogens with one attached hydrogen (secondary N) is 1. The topological polar surface area (TPSA) is 132 Å². The summed E-state index contributed by atoms with van der Waals surface area (Å²) < 4.78 is 8.87. The molecule has 0 atom stereocenters. The number of benzene rings is 1. The number of nitro groups is 1. The molecule has 0 fully saturated rings. The number of carbonyl (C=O) groups is 1. The van der Waals surface area contributed by atoms with Crippen molar-refractivity contribution in [1.82, 2.24) is 10.4 Å². The minimum absolute atomic E-state index is 0.00392. The Bertz CT molecular complexity index is 739. The predicted octanol–water partition coefficient (Wildman–Crippen LogP) is -0.187. The Balaban J connectivity index is 2.41. The van der Waals surface area contributed by atoms with Crippen molar-refractivity contribution in [2.45, 2.75) is 4.90 Å². The van der Waals surface area contributed by atoms with E-state index in [1.165, 1.54) is 25.3 Å². The highest BCUT2D eigenvalue weighted by molar-refractivity contribution is 8.00. The average Bonchev–Trinajstić information content (AvgIpc) is 2.90. The monoisotopic (exact) mass is 313 g/mol. The standard InChI is InChI=1S/C10H8N4O6S/c1-19-9(15)5-21-8-3-2-6(14(17)18)4-7(8)13-11-10(16)20-12-13/h2-4H,5H2,1H3/p+1. The van der Waals surface area contributed by atoms with E-state index in [4.69, 9.17) is 0 Å². The first kappa shape index (κ1) is 14.7. The van der Waals surface area contributed by atoms with Crippen LogP contribution in [0.2, 0.25) is 0 Å². The molecule has 0 aliphatic rings. The van der Waals surface area contributed by atoms with E-state index in [0.717, 1.165) is 16.6 Å². The van der Waals surface area contributed by atoms with Crippen LogP contribution in [0.5, 0.6) is 0 Å². The van der Waals surface area contributed by atoms with Crippen molar-refractivity contribution in [3.05, 3.63) is 38.9 Å². The van der Waals surface area contributed by atoms with Gasteiger partial charge in [0.05, 0.1) is 33.5 Å². The van der Waals surface area contributed by atoms with E-state index < -0.39 is 16.6 Å². The molecule has 0 radical (unpaired) electrons. The molecule has 0 saturated carbocycles. The number of methoxy groups -OCH3 is 1. The number of aromatic nitrogens is 3. The Morgan fingerprint density at radius 3 is 2.95 bits per heavy atom. The van der Waals surface area contributed by atoms with Crippen LogP contribution in [-0.4, -0.2) is 34.1 Å². The summed E-state index contributed by atoms with van der Waals surface area (Å²) in [5.74, 6) is -1.27. The van der Waals surface area contributed by atoms with Gasteiger partial charge in [0.1, 0.15) is 0 Å². The van der Waals surface area contributed by atoms with Crippen LogP contribution >= 0.6 is 11.8 Å². The first-order chi connectivity index (χ1) is 10.0. The fourth-order valence-corrected chi connectivity index (χ4v) is 2.26. The van der Waals surface area contributed by atoms with Crippen molar-refractivity contribution in [2.75, 3.05) is 12.9 Å². The van der Waals surface area contributed by atoms with E-state index in [2.05, 4.69) is 19.6 Å². The number of H-pyrrole nitrogens is 1. The lowest BCUT2D eigenvalue weighted by atomic mass is 10.3. The summed E-state index contributed by atoms with van der Waals surface area (Å²) in [6, 6.07) is 3.93. The molecular weight excluding hydrogens is 304 g/mol. The lowest BCUT2D eigenvalue weighted by molar-refractivity contribution is -0.727. The van der Waals surface area contributed by atoms with Gasteiger partial charge in [0.25, 0.3) is 11.4 Å². The number of thioether (sulfide) groups is 1. The van der Waals surface area contributed by atoms with Gasteiger partial charge >= 0.3 is 11.7 Å². The van der Waals surface area contributed by atoms with Crippen molar-refractivity contribution >= 4 is 23.4 Å². The largest absolute Gasteiger partial charge is 0.493 e. The van der Waals surface area contributed by atoms with E-state index >= 15 is 0 Å². The summed E-state index contributed by atoms with van der Waals surface area (Å²) in [7, 11) is 1.25. The first-order valence-corrected chi connectivity index (χ1v) is 6.46. The smallest absolute Gasteiger partial charge is 0.468 e. The van der Waals surface area contributed by atoms with Crippen molar-refractivity contribution in [2.24, 2.45) is 0 Å². The molecule has 0 unspecified atom stereocenters. The van der Waals surface area contributed by atoms with Crippen molar-refractivity contribution in [3.8, 4) is 5.69 Å². The van der Waals surface area contributed by atoms with Gasteiger partial charge in [0.15, 0.2) is 0 Å². The van der Waals surface area contributed by atoms with Crippen LogP contribution in [0.15, 0.2) is 32.4 Å². The van der Waals surface area contributed by atoms with E-state index in [-0.39, 0.29) is 17.1 Å². The van der Waals surface area contributed by atoms with Gasteiger partial charge in [0.2, 0.25) is 5.27 Å². The number of nitrogens with zero attached hydrogens (tertiary/aromatic N) is 3. The fourth-order valence-electron chi connectivity index (χ4n) is 1.41. The molecular formula is C10H9N4O6S+. The predicted molar refractivity (Wildman–Crippen MR) is 68.1 cm³/mol. The van der Waals surface area contributed by atoms with Gasteiger partial charge in [0, 0.05) is 6.07 Å². The van der Waals surface area contributed by atoms with Crippen molar-refractivity contribution in [1.29, 1.82) is 0 Å². The number of ether oxygens (including phenoxy) is 1. The zero-order chi connectivity index (χ0) is 15.4. The van der Waals surface area contributed by atoms with E-state index in [1.807, 2.05) is 0 Å². The molecule has 2 rings (SSSR count). The van der Waals surface area contributed by atoms with Crippen LogP contribution in [-0.2, 0) is 9.53 Å². The average molecular weight is 313 g/mol. The van der Waals surface area contributed by atoms with Gasteiger partial charge in [-0.2, -0.15) is 0 Å².